The van der Waals surface area contributed by atoms with Crippen LogP contribution < -0.4 is 4.74 Å². The third-order valence-corrected chi connectivity index (χ3v) is 1.98. The summed E-state index contributed by atoms with van der Waals surface area (Å²) in [7, 11) is 1.55. The SMILES string of the molecule is COCCOc1ccc([C@H](C)O)cc1F. The molecule has 0 heterocycles. The van der Waals surface area contributed by atoms with Crippen LogP contribution >= 0.6 is 0 Å². The first-order valence-corrected chi connectivity index (χ1v) is 4.74. The van der Waals surface area contributed by atoms with Crippen molar-refractivity contribution in [2.45, 2.75) is 13.0 Å². The van der Waals surface area contributed by atoms with Crippen LogP contribution in [0.25, 0.3) is 0 Å². The monoisotopic (exact) mass is 214 g/mol. The van der Waals surface area contributed by atoms with E-state index in [0.717, 1.165) is 0 Å². The number of aliphatic hydroxyl groups is 1. The van der Waals surface area contributed by atoms with Gasteiger partial charge in [-0.2, -0.15) is 0 Å². The Morgan fingerprint density at radius 2 is 2.13 bits per heavy atom. The fourth-order valence-corrected chi connectivity index (χ4v) is 1.13. The highest BCUT2D eigenvalue weighted by Crippen LogP contribution is 2.21. The van der Waals surface area contributed by atoms with Gasteiger partial charge in [-0.25, -0.2) is 4.39 Å². The van der Waals surface area contributed by atoms with Crippen LogP contribution in [0.3, 0.4) is 0 Å². The quantitative estimate of drug-likeness (QED) is 0.761. The second-order valence-corrected chi connectivity index (χ2v) is 3.21. The number of benzene rings is 1. The number of hydrogen-bond donors (Lipinski definition) is 1. The van der Waals surface area contributed by atoms with Gasteiger partial charge in [-0.05, 0) is 24.6 Å². The zero-order valence-corrected chi connectivity index (χ0v) is 8.87. The normalized spacial score (nSPS) is 12.5. The number of rotatable bonds is 5. The van der Waals surface area contributed by atoms with Gasteiger partial charge in [0.2, 0.25) is 0 Å². The predicted molar refractivity (Wildman–Crippen MR) is 54.4 cm³/mol. The molecular weight excluding hydrogens is 199 g/mol. The molecule has 0 bridgehead atoms. The Kier molecular flexibility index (Phi) is 4.52. The molecule has 3 nitrogen and oxygen atoms in total. The van der Waals surface area contributed by atoms with Crippen LogP contribution in [0.15, 0.2) is 18.2 Å². The summed E-state index contributed by atoms with van der Waals surface area (Å²) in [6.45, 7) is 2.30. The zero-order valence-electron chi connectivity index (χ0n) is 8.87. The molecule has 84 valence electrons. The summed E-state index contributed by atoms with van der Waals surface area (Å²) in [5.41, 5.74) is 0.534. The second-order valence-electron chi connectivity index (χ2n) is 3.21. The van der Waals surface area contributed by atoms with E-state index in [1.807, 2.05) is 0 Å². The molecule has 0 aliphatic heterocycles. The summed E-state index contributed by atoms with van der Waals surface area (Å²) in [4.78, 5) is 0. The van der Waals surface area contributed by atoms with Gasteiger partial charge in [0.05, 0.1) is 12.7 Å². The Morgan fingerprint density at radius 3 is 2.67 bits per heavy atom. The van der Waals surface area contributed by atoms with Crippen molar-refractivity contribution in [2.75, 3.05) is 20.3 Å². The van der Waals surface area contributed by atoms with Crippen LogP contribution in [0, 0.1) is 5.82 Å². The van der Waals surface area contributed by atoms with Crippen LogP contribution in [0.5, 0.6) is 5.75 Å². The molecule has 0 saturated carbocycles. The standard InChI is InChI=1S/C11H15FO3/c1-8(13)9-3-4-11(10(12)7-9)15-6-5-14-2/h3-4,7-8,13H,5-6H2,1-2H3/t8-/m0/s1. The molecule has 0 spiro atoms. The molecule has 1 aromatic carbocycles. The molecule has 0 fully saturated rings. The molecule has 0 amide bonds. The fraction of sp³-hybridized carbons (Fsp3) is 0.455. The summed E-state index contributed by atoms with van der Waals surface area (Å²) in [6, 6.07) is 4.41. The lowest BCUT2D eigenvalue weighted by Crippen LogP contribution is -2.05. The molecule has 0 saturated heterocycles. The lowest BCUT2D eigenvalue weighted by atomic mass is 10.1. The van der Waals surface area contributed by atoms with Gasteiger partial charge in [0.15, 0.2) is 11.6 Å². The van der Waals surface area contributed by atoms with E-state index in [9.17, 15) is 9.50 Å². The van der Waals surface area contributed by atoms with Crippen molar-refractivity contribution < 1.29 is 19.0 Å². The van der Waals surface area contributed by atoms with Crippen molar-refractivity contribution in [3.63, 3.8) is 0 Å². The Balaban J connectivity index is 2.66. The van der Waals surface area contributed by atoms with Crippen molar-refractivity contribution in [1.82, 2.24) is 0 Å². The van der Waals surface area contributed by atoms with Gasteiger partial charge in [0.25, 0.3) is 0 Å². The maximum absolute atomic E-state index is 13.4. The van der Waals surface area contributed by atoms with Gasteiger partial charge >= 0.3 is 0 Å². The van der Waals surface area contributed by atoms with Gasteiger partial charge in [-0.1, -0.05) is 6.07 Å². The molecule has 0 unspecified atom stereocenters. The van der Waals surface area contributed by atoms with Gasteiger partial charge in [0, 0.05) is 7.11 Å². The Morgan fingerprint density at radius 1 is 1.40 bits per heavy atom. The first-order chi connectivity index (χ1) is 7.15. The molecular formula is C11H15FO3. The average Bonchev–Trinajstić information content (AvgIpc) is 2.20. The minimum absolute atomic E-state index is 0.177. The topological polar surface area (TPSA) is 38.7 Å². The summed E-state index contributed by atoms with van der Waals surface area (Å²) in [5, 5.41) is 9.23. The van der Waals surface area contributed by atoms with Gasteiger partial charge in [-0.15, -0.1) is 0 Å². The minimum Gasteiger partial charge on any atom is -0.488 e. The second kappa shape index (κ2) is 5.68. The van der Waals surface area contributed by atoms with Crippen LogP contribution in [0.2, 0.25) is 0 Å². The van der Waals surface area contributed by atoms with Crippen molar-refractivity contribution in [3.8, 4) is 5.75 Å². The largest absolute Gasteiger partial charge is 0.488 e. The third kappa shape index (κ3) is 3.49. The molecule has 15 heavy (non-hydrogen) atoms. The minimum atomic E-state index is -0.674. The summed E-state index contributed by atoms with van der Waals surface area (Å²) in [5.74, 6) is -0.291. The highest BCUT2D eigenvalue weighted by molar-refractivity contribution is 5.30. The summed E-state index contributed by atoms with van der Waals surface area (Å²) >= 11 is 0. The van der Waals surface area contributed by atoms with Crippen LogP contribution in [-0.2, 0) is 4.74 Å². The van der Waals surface area contributed by atoms with Crippen LogP contribution in [0.1, 0.15) is 18.6 Å². The van der Waals surface area contributed by atoms with E-state index in [1.165, 1.54) is 12.1 Å². The smallest absolute Gasteiger partial charge is 0.165 e. The van der Waals surface area contributed by atoms with E-state index >= 15 is 0 Å². The predicted octanol–water partition coefficient (Wildman–Crippen LogP) is 1.90. The van der Waals surface area contributed by atoms with Crippen molar-refractivity contribution in [3.05, 3.63) is 29.6 Å². The van der Waals surface area contributed by atoms with Crippen molar-refractivity contribution in [1.29, 1.82) is 0 Å². The average molecular weight is 214 g/mol. The van der Waals surface area contributed by atoms with Crippen LogP contribution in [-0.4, -0.2) is 25.4 Å². The maximum atomic E-state index is 13.4. The Hall–Kier alpha value is -1.13. The van der Waals surface area contributed by atoms with E-state index in [1.54, 1.807) is 20.1 Å². The van der Waals surface area contributed by atoms with E-state index < -0.39 is 11.9 Å². The number of hydrogen-bond acceptors (Lipinski definition) is 3. The van der Waals surface area contributed by atoms with Crippen molar-refractivity contribution >= 4 is 0 Å². The molecule has 1 aromatic rings. The molecule has 4 heteroatoms. The highest BCUT2D eigenvalue weighted by atomic mass is 19.1. The van der Waals surface area contributed by atoms with E-state index in [4.69, 9.17) is 9.47 Å². The van der Waals surface area contributed by atoms with Crippen molar-refractivity contribution in [2.24, 2.45) is 0 Å². The Bertz CT molecular complexity index is 313. The number of halogens is 1. The van der Waals surface area contributed by atoms with Gasteiger partial charge in [0.1, 0.15) is 6.61 Å². The molecule has 0 aliphatic rings. The molecule has 1 N–H and O–H groups in total. The first kappa shape index (κ1) is 11.9. The van der Waals surface area contributed by atoms with E-state index in [2.05, 4.69) is 0 Å². The maximum Gasteiger partial charge on any atom is 0.165 e. The van der Waals surface area contributed by atoms with E-state index in [0.29, 0.717) is 18.8 Å². The molecule has 1 rings (SSSR count). The summed E-state index contributed by atoms with van der Waals surface area (Å²) in [6.07, 6.45) is -0.674. The zero-order chi connectivity index (χ0) is 11.3. The van der Waals surface area contributed by atoms with E-state index in [-0.39, 0.29) is 5.75 Å². The lowest BCUT2D eigenvalue weighted by molar-refractivity contribution is 0.143. The number of methoxy groups -OCH3 is 1. The highest BCUT2D eigenvalue weighted by Gasteiger charge is 2.07. The summed E-state index contributed by atoms with van der Waals surface area (Å²) < 4.78 is 23.3. The number of aliphatic hydroxyl groups excluding tert-OH is 1. The van der Waals surface area contributed by atoms with Gasteiger partial charge < -0.3 is 14.6 Å². The molecule has 0 radical (unpaired) electrons. The fourth-order valence-electron chi connectivity index (χ4n) is 1.13. The Labute approximate surface area is 88.4 Å². The first-order valence-electron chi connectivity index (χ1n) is 4.74. The molecule has 0 aliphatic carbocycles. The lowest BCUT2D eigenvalue weighted by Gasteiger charge is -2.09. The number of ether oxygens (including phenoxy) is 2. The van der Waals surface area contributed by atoms with Gasteiger partial charge in [-0.3, -0.25) is 0 Å². The molecule has 1 atom stereocenters. The molecule has 0 aromatic heterocycles. The third-order valence-electron chi connectivity index (χ3n) is 1.98. The van der Waals surface area contributed by atoms with Crippen LogP contribution in [0.4, 0.5) is 4.39 Å².